The lowest BCUT2D eigenvalue weighted by atomic mass is 10.2. The fourth-order valence-corrected chi connectivity index (χ4v) is 1.42. The summed E-state index contributed by atoms with van der Waals surface area (Å²) in [5.41, 5.74) is -0.0171. The number of rotatable bonds is 4. The molecule has 0 aromatic carbocycles. The van der Waals surface area contributed by atoms with Gasteiger partial charge in [-0.2, -0.15) is 0 Å². The van der Waals surface area contributed by atoms with Crippen LogP contribution in [-0.2, 0) is 0 Å². The molecule has 1 aromatic heterocycles. The van der Waals surface area contributed by atoms with E-state index in [0.717, 1.165) is 6.42 Å². The molecule has 82 valence electrons. The zero-order valence-electron chi connectivity index (χ0n) is 8.53. The third-order valence-corrected chi connectivity index (χ3v) is 2.64. The highest BCUT2D eigenvalue weighted by Gasteiger charge is 2.11. The zero-order valence-corrected chi connectivity index (χ0v) is 10.1. The van der Waals surface area contributed by atoms with Crippen LogP contribution in [0.25, 0.3) is 0 Å². The smallest absolute Gasteiger partial charge is 0.288 e. The number of aromatic nitrogens is 1. The molecule has 0 spiro atoms. The predicted molar refractivity (Wildman–Crippen MR) is 62.0 cm³/mol. The van der Waals surface area contributed by atoms with Crippen molar-refractivity contribution < 1.29 is 4.92 Å². The molecule has 0 aliphatic heterocycles. The van der Waals surface area contributed by atoms with Gasteiger partial charge in [0.25, 0.3) is 5.69 Å². The van der Waals surface area contributed by atoms with Crippen molar-refractivity contribution in [3.63, 3.8) is 0 Å². The average molecular weight is 274 g/mol. The van der Waals surface area contributed by atoms with E-state index < -0.39 is 4.92 Å². The third kappa shape index (κ3) is 3.16. The molecular weight excluding hydrogens is 262 g/mol. The second kappa shape index (κ2) is 5.06. The van der Waals surface area contributed by atoms with E-state index in [-0.39, 0.29) is 11.7 Å². The van der Waals surface area contributed by atoms with Crippen LogP contribution >= 0.6 is 15.9 Å². The standard InChI is InChI=1S/C9H12BrN3O2/c1-3-6(2)12-9-8(10)4-7(5-11-9)13(14)15/h4-6H,3H2,1-2H3,(H,11,12). The summed E-state index contributed by atoms with van der Waals surface area (Å²) in [5, 5.41) is 13.6. The Hall–Kier alpha value is -1.17. The van der Waals surface area contributed by atoms with E-state index in [2.05, 4.69) is 33.2 Å². The van der Waals surface area contributed by atoms with Crippen molar-refractivity contribution in [3.8, 4) is 0 Å². The predicted octanol–water partition coefficient (Wildman–Crippen LogP) is 2.96. The van der Waals surface area contributed by atoms with Gasteiger partial charge in [-0.05, 0) is 29.3 Å². The first-order valence-electron chi connectivity index (χ1n) is 4.61. The summed E-state index contributed by atoms with van der Waals surface area (Å²) in [5.74, 6) is 0.634. The van der Waals surface area contributed by atoms with Gasteiger partial charge in [-0.15, -0.1) is 0 Å². The Kier molecular flexibility index (Phi) is 4.02. The Morgan fingerprint density at radius 1 is 1.73 bits per heavy atom. The normalized spacial score (nSPS) is 12.2. The molecule has 5 nitrogen and oxygen atoms in total. The van der Waals surface area contributed by atoms with E-state index in [1.165, 1.54) is 12.3 Å². The highest BCUT2D eigenvalue weighted by molar-refractivity contribution is 9.10. The lowest BCUT2D eigenvalue weighted by molar-refractivity contribution is -0.385. The van der Waals surface area contributed by atoms with Crippen LogP contribution in [0.2, 0.25) is 0 Å². The second-order valence-corrected chi connectivity index (χ2v) is 4.09. The number of nitro groups is 1. The molecule has 1 N–H and O–H groups in total. The molecule has 0 aliphatic rings. The highest BCUT2D eigenvalue weighted by atomic mass is 79.9. The van der Waals surface area contributed by atoms with Gasteiger partial charge in [-0.3, -0.25) is 10.1 Å². The first-order valence-corrected chi connectivity index (χ1v) is 5.40. The first-order chi connectivity index (χ1) is 7.04. The molecular formula is C9H12BrN3O2. The van der Waals surface area contributed by atoms with Crippen molar-refractivity contribution in [3.05, 3.63) is 26.9 Å². The van der Waals surface area contributed by atoms with Gasteiger partial charge in [0.1, 0.15) is 12.0 Å². The van der Waals surface area contributed by atoms with Crippen molar-refractivity contribution in [2.75, 3.05) is 5.32 Å². The second-order valence-electron chi connectivity index (χ2n) is 3.23. The SMILES string of the molecule is CCC(C)Nc1ncc([N+](=O)[O-])cc1Br. The minimum absolute atomic E-state index is 0.0171. The molecule has 0 bridgehead atoms. The fraction of sp³-hybridized carbons (Fsp3) is 0.444. The summed E-state index contributed by atoms with van der Waals surface area (Å²) < 4.78 is 0.608. The van der Waals surface area contributed by atoms with E-state index in [1.54, 1.807) is 0 Å². The van der Waals surface area contributed by atoms with E-state index in [4.69, 9.17) is 0 Å². The largest absolute Gasteiger partial charge is 0.367 e. The number of nitrogens with one attached hydrogen (secondary N) is 1. The van der Waals surface area contributed by atoms with Crippen LogP contribution in [0.3, 0.4) is 0 Å². The number of hydrogen-bond acceptors (Lipinski definition) is 4. The Balaban J connectivity index is 2.88. The van der Waals surface area contributed by atoms with Crippen molar-refractivity contribution in [2.45, 2.75) is 26.3 Å². The van der Waals surface area contributed by atoms with Gasteiger partial charge in [-0.25, -0.2) is 4.98 Å². The van der Waals surface area contributed by atoms with Crippen molar-refractivity contribution >= 4 is 27.4 Å². The number of nitrogens with zero attached hydrogens (tertiary/aromatic N) is 2. The van der Waals surface area contributed by atoms with Crippen molar-refractivity contribution in [1.29, 1.82) is 0 Å². The Morgan fingerprint density at radius 3 is 2.87 bits per heavy atom. The van der Waals surface area contributed by atoms with Gasteiger partial charge in [0, 0.05) is 12.1 Å². The molecule has 0 saturated heterocycles. The molecule has 15 heavy (non-hydrogen) atoms. The third-order valence-electron chi connectivity index (χ3n) is 2.03. The molecule has 0 aliphatic carbocycles. The maximum Gasteiger partial charge on any atom is 0.288 e. The van der Waals surface area contributed by atoms with Gasteiger partial charge in [-0.1, -0.05) is 6.92 Å². The molecule has 6 heteroatoms. The van der Waals surface area contributed by atoms with Crippen LogP contribution in [0.5, 0.6) is 0 Å². The van der Waals surface area contributed by atoms with Crippen LogP contribution in [0.1, 0.15) is 20.3 Å². The van der Waals surface area contributed by atoms with E-state index in [9.17, 15) is 10.1 Å². The van der Waals surface area contributed by atoms with E-state index in [0.29, 0.717) is 10.3 Å². The molecule has 1 aromatic rings. The summed E-state index contributed by atoms with van der Waals surface area (Å²) in [6, 6.07) is 1.73. The minimum atomic E-state index is -0.467. The van der Waals surface area contributed by atoms with Crippen molar-refractivity contribution in [2.24, 2.45) is 0 Å². The molecule has 0 saturated carbocycles. The topological polar surface area (TPSA) is 68.1 Å². The minimum Gasteiger partial charge on any atom is -0.367 e. The van der Waals surface area contributed by atoms with Gasteiger partial charge in [0.15, 0.2) is 0 Å². The molecule has 0 amide bonds. The van der Waals surface area contributed by atoms with Gasteiger partial charge < -0.3 is 5.32 Å². The van der Waals surface area contributed by atoms with Gasteiger partial charge >= 0.3 is 0 Å². The highest BCUT2D eigenvalue weighted by Crippen LogP contribution is 2.24. The summed E-state index contributed by atoms with van der Waals surface area (Å²) in [6.07, 6.45) is 2.21. The summed E-state index contributed by atoms with van der Waals surface area (Å²) >= 11 is 3.24. The average Bonchev–Trinajstić information content (AvgIpc) is 2.20. The maximum absolute atomic E-state index is 10.5. The van der Waals surface area contributed by atoms with Crippen LogP contribution < -0.4 is 5.32 Å². The van der Waals surface area contributed by atoms with Crippen LogP contribution in [-0.4, -0.2) is 15.9 Å². The zero-order chi connectivity index (χ0) is 11.4. The molecule has 1 heterocycles. The molecule has 0 radical (unpaired) electrons. The van der Waals surface area contributed by atoms with Gasteiger partial charge in [0.2, 0.25) is 0 Å². The quantitative estimate of drug-likeness (QED) is 0.677. The molecule has 1 atom stereocenters. The van der Waals surface area contributed by atoms with Crippen LogP contribution in [0.4, 0.5) is 11.5 Å². The first kappa shape index (κ1) is 11.9. The summed E-state index contributed by atoms with van der Waals surface area (Å²) in [4.78, 5) is 14.0. The summed E-state index contributed by atoms with van der Waals surface area (Å²) in [7, 11) is 0. The van der Waals surface area contributed by atoms with Crippen LogP contribution in [0.15, 0.2) is 16.7 Å². The Morgan fingerprint density at radius 2 is 2.40 bits per heavy atom. The van der Waals surface area contributed by atoms with Gasteiger partial charge in [0.05, 0.1) is 9.40 Å². The molecule has 1 rings (SSSR count). The Bertz CT molecular complexity index is 370. The van der Waals surface area contributed by atoms with Crippen molar-refractivity contribution in [1.82, 2.24) is 4.98 Å². The van der Waals surface area contributed by atoms with Crippen LogP contribution in [0, 0.1) is 10.1 Å². The number of pyridine rings is 1. The van der Waals surface area contributed by atoms with E-state index in [1.807, 2.05) is 6.92 Å². The lowest BCUT2D eigenvalue weighted by Gasteiger charge is -2.12. The number of anilines is 1. The summed E-state index contributed by atoms with van der Waals surface area (Å²) in [6.45, 7) is 4.08. The molecule has 0 fully saturated rings. The van der Waals surface area contributed by atoms with E-state index >= 15 is 0 Å². The fourth-order valence-electron chi connectivity index (χ4n) is 0.969. The maximum atomic E-state index is 10.5. The monoisotopic (exact) mass is 273 g/mol. The molecule has 1 unspecified atom stereocenters. The number of halogens is 1. The lowest BCUT2D eigenvalue weighted by Crippen LogP contribution is -2.14. The number of hydrogen-bond donors (Lipinski definition) is 1. The Labute approximate surface area is 96.2 Å².